The lowest BCUT2D eigenvalue weighted by molar-refractivity contribution is 0.262. The van der Waals surface area contributed by atoms with E-state index in [2.05, 4.69) is 27.8 Å². The first-order valence-corrected chi connectivity index (χ1v) is 8.70. The topological polar surface area (TPSA) is 76.1 Å². The van der Waals surface area contributed by atoms with Crippen molar-refractivity contribution in [3.63, 3.8) is 0 Å². The number of aromatic nitrogens is 2. The average molecular weight is 338 g/mol. The van der Waals surface area contributed by atoms with Gasteiger partial charge in [-0.25, -0.2) is 4.79 Å². The molecule has 22 heavy (non-hydrogen) atoms. The zero-order chi connectivity index (χ0) is 15.8. The second-order valence-corrected chi connectivity index (χ2v) is 6.70. The summed E-state index contributed by atoms with van der Waals surface area (Å²) in [6, 6.07) is 6.76. The Morgan fingerprint density at radius 2 is 2.05 bits per heavy atom. The van der Waals surface area contributed by atoms with Gasteiger partial charge in [-0.15, -0.1) is 10.2 Å². The Hall–Kier alpha value is -1.80. The lowest BCUT2D eigenvalue weighted by atomic mass is 10.3. The van der Waals surface area contributed by atoms with Gasteiger partial charge in [0.1, 0.15) is 5.75 Å². The van der Waals surface area contributed by atoms with E-state index in [0.29, 0.717) is 10.8 Å². The number of urea groups is 1. The SMILES string of the molecule is CCCCSc1nnc(NC(=O)Nc2ccc(OC)cc2)s1. The van der Waals surface area contributed by atoms with E-state index in [9.17, 15) is 4.79 Å². The summed E-state index contributed by atoms with van der Waals surface area (Å²) in [7, 11) is 1.60. The summed E-state index contributed by atoms with van der Waals surface area (Å²) in [5.74, 6) is 1.76. The summed E-state index contributed by atoms with van der Waals surface area (Å²) in [6.07, 6.45) is 2.30. The van der Waals surface area contributed by atoms with Crippen molar-refractivity contribution in [1.29, 1.82) is 0 Å². The third-order valence-electron chi connectivity index (χ3n) is 2.70. The molecule has 0 aliphatic heterocycles. The molecule has 2 rings (SSSR count). The molecule has 0 saturated carbocycles. The molecule has 0 saturated heterocycles. The number of benzene rings is 1. The van der Waals surface area contributed by atoms with Crippen molar-refractivity contribution in [3.8, 4) is 5.75 Å². The van der Waals surface area contributed by atoms with Crippen LogP contribution in [0.5, 0.6) is 5.75 Å². The molecule has 6 nitrogen and oxygen atoms in total. The van der Waals surface area contributed by atoms with Gasteiger partial charge in [0.05, 0.1) is 7.11 Å². The van der Waals surface area contributed by atoms with Gasteiger partial charge in [0.2, 0.25) is 5.13 Å². The van der Waals surface area contributed by atoms with Gasteiger partial charge in [0, 0.05) is 11.4 Å². The number of hydrogen-bond donors (Lipinski definition) is 2. The van der Waals surface area contributed by atoms with Gasteiger partial charge in [-0.2, -0.15) is 0 Å². The van der Waals surface area contributed by atoms with E-state index in [0.717, 1.165) is 28.7 Å². The van der Waals surface area contributed by atoms with Crippen LogP contribution in [0.3, 0.4) is 0 Å². The van der Waals surface area contributed by atoms with Crippen LogP contribution in [-0.2, 0) is 0 Å². The monoisotopic (exact) mass is 338 g/mol. The molecule has 2 N–H and O–H groups in total. The van der Waals surface area contributed by atoms with Gasteiger partial charge in [0.25, 0.3) is 0 Å². The highest BCUT2D eigenvalue weighted by molar-refractivity contribution is 8.01. The second kappa shape index (κ2) is 8.60. The van der Waals surface area contributed by atoms with E-state index >= 15 is 0 Å². The van der Waals surface area contributed by atoms with Crippen LogP contribution in [0, 0.1) is 0 Å². The quantitative estimate of drug-likeness (QED) is 0.452. The number of ether oxygens (including phenoxy) is 1. The molecular weight excluding hydrogens is 320 g/mol. The molecule has 2 amide bonds. The standard InChI is InChI=1S/C14H18N4O2S2/c1-3-4-9-21-14-18-17-13(22-14)16-12(19)15-10-5-7-11(20-2)8-6-10/h5-8H,3-4,9H2,1-2H3,(H2,15,16,17,19). The fraction of sp³-hybridized carbons (Fsp3) is 0.357. The predicted octanol–water partition coefficient (Wildman–Crippen LogP) is 4.08. The van der Waals surface area contributed by atoms with Crippen molar-refractivity contribution in [3.05, 3.63) is 24.3 Å². The highest BCUT2D eigenvalue weighted by Gasteiger charge is 2.08. The van der Waals surface area contributed by atoms with Gasteiger partial charge < -0.3 is 10.1 Å². The summed E-state index contributed by atoms with van der Waals surface area (Å²) in [5.41, 5.74) is 0.681. The predicted molar refractivity (Wildman–Crippen MR) is 91.2 cm³/mol. The molecule has 0 spiro atoms. The minimum absolute atomic E-state index is 0.341. The van der Waals surface area contributed by atoms with Gasteiger partial charge in [-0.3, -0.25) is 5.32 Å². The van der Waals surface area contributed by atoms with Crippen molar-refractivity contribution in [2.24, 2.45) is 0 Å². The molecule has 1 aromatic carbocycles. The average Bonchev–Trinajstić information content (AvgIpc) is 2.95. The molecule has 0 unspecified atom stereocenters. The van der Waals surface area contributed by atoms with Crippen molar-refractivity contribution in [1.82, 2.24) is 10.2 Å². The number of unbranched alkanes of at least 4 members (excludes halogenated alkanes) is 1. The highest BCUT2D eigenvalue weighted by atomic mass is 32.2. The number of methoxy groups -OCH3 is 1. The number of thioether (sulfide) groups is 1. The van der Waals surface area contributed by atoms with E-state index in [1.54, 1.807) is 43.1 Å². The minimum Gasteiger partial charge on any atom is -0.497 e. The van der Waals surface area contributed by atoms with E-state index in [-0.39, 0.29) is 6.03 Å². The number of nitrogens with one attached hydrogen (secondary N) is 2. The Labute approximate surface area is 137 Å². The highest BCUT2D eigenvalue weighted by Crippen LogP contribution is 2.26. The Bertz CT molecular complexity index is 601. The fourth-order valence-electron chi connectivity index (χ4n) is 1.56. The van der Waals surface area contributed by atoms with Gasteiger partial charge in [-0.1, -0.05) is 36.4 Å². The molecule has 1 aromatic heterocycles. The summed E-state index contributed by atoms with van der Waals surface area (Å²) >= 11 is 3.04. The maximum atomic E-state index is 11.9. The summed E-state index contributed by atoms with van der Waals surface area (Å²) < 4.78 is 5.93. The van der Waals surface area contributed by atoms with E-state index in [1.165, 1.54) is 11.3 Å². The third kappa shape index (κ3) is 5.19. The Morgan fingerprint density at radius 1 is 1.27 bits per heavy atom. The number of carbonyl (C=O) groups excluding carboxylic acids is 1. The number of nitrogens with zero attached hydrogens (tertiary/aromatic N) is 2. The minimum atomic E-state index is -0.341. The molecule has 2 aromatic rings. The first-order valence-electron chi connectivity index (χ1n) is 6.89. The number of amides is 2. The number of anilines is 2. The second-order valence-electron chi connectivity index (χ2n) is 4.38. The largest absolute Gasteiger partial charge is 0.497 e. The summed E-state index contributed by atoms with van der Waals surface area (Å²) in [4.78, 5) is 11.9. The zero-order valence-corrected chi connectivity index (χ0v) is 14.1. The van der Waals surface area contributed by atoms with Crippen LogP contribution in [0.25, 0.3) is 0 Å². The molecule has 1 heterocycles. The molecule has 0 bridgehead atoms. The maximum Gasteiger partial charge on any atom is 0.325 e. The molecule has 0 fully saturated rings. The lowest BCUT2D eigenvalue weighted by Gasteiger charge is -2.05. The number of hydrogen-bond acceptors (Lipinski definition) is 6. The van der Waals surface area contributed by atoms with Crippen LogP contribution < -0.4 is 15.4 Å². The van der Waals surface area contributed by atoms with Crippen LogP contribution in [0.4, 0.5) is 15.6 Å². The molecule has 0 atom stereocenters. The molecule has 0 aliphatic carbocycles. The van der Waals surface area contributed by atoms with Gasteiger partial charge in [-0.05, 0) is 30.7 Å². The van der Waals surface area contributed by atoms with Crippen LogP contribution in [0.1, 0.15) is 19.8 Å². The molecule has 118 valence electrons. The van der Waals surface area contributed by atoms with Crippen molar-refractivity contribution >= 4 is 39.9 Å². The van der Waals surface area contributed by atoms with Gasteiger partial charge in [0.15, 0.2) is 4.34 Å². The number of carbonyl (C=O) groups is 1. The van der Waals surface area contributed by atoms with Crippen LogP contribution in [-0.4, -0.2) is 29.1 Å². The number of rotatable bonds is 7. The lowest BCUT2D eigenvalue weighted by Crippen LogP contribution is -2.19. The van der Waals surface area contributed by atoms with E-state index in [1.807, 2.05) is 0 Å². The molecule has 0 aliphatic rings. The molecule has 0 radical (unpaired) electrons. The van der Waals surface area contributed by atoms with Crippen LogP contribution in [0.15, 0.2) is 28.6 Å². The Kier molecular flexibility index (Phi) is 6.47. The molecular formula is C14H18N4O2S2. The zero-order valence-electron chi connectivity index (χ0n) is 12.5. The smallest absolute Gasteiger partial charge is 0.325 e. The Balaban J connectivity index is 1.83. The molecule has 8 heteroatoms. The van der Waals surface area contributed by atoms with E-state index in [4.69, 9.17) is 4.74 Å². The first-order chi connectivity index (χ1) is 10.7. The third-order valence-corrected chi connectivity index (χ3v) is 4.76. The van der Waals surface area contributed by atoms with Gasteiger partial charge >= 0.3 is 6.03 Å². The van der Waals surface area contributed by atoms with Crippen molar-refractivity contribution in [2.45, 2.75) is 24.1 Å². The maximum absolute atomic E-state index is 11.9. The van der Waals surface area contributed by atoms with Crippen LogP contribution >= 0.6 is 23.1 Å². The summed E-state index contributed by atoms with van der Waals surface area (Å²) in [5, 5.41) is 13.9. The van der Waals surface area contributed by atoms with Crippen molar-refractivity contribution in [2.75, 3.05) is 23.5 Å². The Morgan fingerprint density at radius 3 is 2.73 bits per heavy atom. The summed E-state index contributed by atoms with van der Waals surface area (Å²) in [6.45, 7) is 2.15. The normalized spacial score (nSPS) is 10.3. The van der Waals surface area contributed by atoms with E-state index < -0.39 is 0 Å². The first kappa shape index (κ1) is 16.6. The fourth-order valence-corrected chi connectivity index (χ4v) is 3.46. The van der Waals surface area contributed by atoms with Crippen molar-refractivity contribution < 1.29 is 9.53 Å². The van der Waals surface area contributed by atoms with Crippen LogP contribution in [0.2, 0.25) is 0 Å².